The standard InChI is InChI=1S/C14H19N5O3S/c1-10-6-16-12(7-15-10)13-8-19(4-5-22-13)23(20,21)14-9-18(3)17-11(14)2/h6-7,9,13H,4-5,8H2,1-3H3. The molecule has 0 aromatic carbocycles. The van der Waals surface area contributed by atoms with Crippen LogP contribution < -0.4 is 0 Å². The highest BCUT2D eigenvalue weighted by Crippen LogP contribution is 2.26. The molecule has 1 saturated heterocycles. The summed E-state index contributed by atoms with van der Waals surface area (Å²) in [7, 11) is -1.89. The van der Waals surface area contributed by atoms with Gasteiger partial charge in [0.2, 0.25) is 10.0 Å². The molecular weight excluding hydrogens is 318 g/mol. The fourth-order valence-corrected chi connectivity index (χ4v) is 4.19. The van der Waals surface area contributed by atoms with Crippen molar-refractivity contribution >= 4 is 10.0 Å². The molecular formula is C14H19N5O3S. The molecule has 8 nitrogen and oxygen atoms in total. The summed E-state index contributed by atoms with van der Waals surface area (Å²) < 4.78 is 34.3. The van der Waals surface area contributed by atoms with Crippen molar-refractivity contribution in [1.82, 2.24) is 24.1 Å². The number of nitrogens with zero attached hydrogens (tertiary/aromatic N) is 5. The van der Waals surface area contributed by atoms with Crippen LogP contribution in [-0.2, 0) is 21.8 Å². The van der Waals surface area contributed by atoms with Crippen LogP contribution in [0.25, 0.3) is 0 Å². The van der Waals surface area contributed by atoms with Gasteiger partial charge in [0.1, 0.15) is 11.0 Å². The fourth-order valence-electron chi connectivity index (χ4n) is 2.56. The highest BCUT2D eigenvalue weighted by Gasteiger charge is 2.34. The predicted octanol–water partition coefficient (Wildman–Crippen LogP) is 0.589. The Balaban J connectivity index is 1.85. The van der Waals surface area contributed by atoms with E-state index in [9.17, 15) is 8.42 Å². The van der Waals surface area contributed by atoms with E-state index >= 15 is 0 Å². The van der Waals surface area contributed by atoms with Crippen LogP contribution in [0.15, 0.2) is 23.5 Å². The molecule has 0 aliphatic carbocycles. The Labute approximate surface area is 135 Å². The molecule has 23 heavy (non-hydrogen) atoms. The van der Waals surface area contributed by atoms with Gasteiger partial charge >= 0.3 is 0 Å². The van der Waals surface area contributed by atoms with E-state index in [0.717, 1.165) is 5.69 Å². The Kier molecular flexibility index (Phi) is 4.17. The Morgan fingerprint density at radius 3 is 2.65 bits per heavy atom. The maximum absolute atomic E-state index is 12.8. The number of hydrogen-bond donors (Lipinski definition) is 0. The zero-order valence-corrected chi connectivity index (χ0v) is 14.1. The Hall–Kier alpha value is -1.84. The van der Waals surface area contributed by atoms with Gasteiger partial charge in [-0.1, -0.05) is 0 Å². The fraction of sp³-hybridized carbons (Fsp3) is 0.500. The summed E-state index contributed by atoms with van der Waals surface area (Å²) in [5.41, 5.74) is 1.93. The topological polar surface area (TPSA) is 90.2 Å². The van der Waals surface area contributed by atoms with Gasteiger partial charge in [-0.15, -0.1) is 0 Å². The lowest BCUT2D eigenvalue weighted by Gasteiger charge is -2.31. The van der Waals surface area contributed by atoms with Crippen LogP contribution in [-0.4, -0.2) is 52.2 Å². The van der Waals surface area contributed by atoms with Crippen molar-refractivity contribution < 1.29 is 13.2 Å². The Bertz CT molecular complexity index is 800. The first-order valence-corrected chi connectivity index (χ1v) is 8.72. The van der Waals surface area contributed by atoms with Gasteiger partial charge in [0, 0.05) is 32.5 Å². The highest BCUT2D eigenvalue weighted by atomic mass is 32.2. The normalized spacial score (nSPS) is 19.9. The summed E-state index contributed by atoms with van der Waals surface area (Å²) in [4.78, 5) is 8.71. The molecule has 124 valence electrons. The zero-order chi connectivity index (χ0) is 16.6. The van der Waals surface area contributed by atoms with E-state index in [2.05, 4.69) is 15.1 Å². The van der Waals surface area contributed by atoms with Crippen LogP contribution in [0.2, 0.25) is 0 Å². The molecule has 1 fully saturated rings. The number of hydrogen-bond acceptors (Lipinski definition) is 6. The van der Waals surface area contributed by atoms with Crippen LogP contribution in [0.5, 0.6) is 0 Å². The van der Waals surface area contributed by atoms with Crippen molar-refractivity contribution in [2.75, 3.05) is 19.7 Å². The molecule has 1 atom stereocenters. The van der Waals surface area contributed by atoms with Gasteiger partial charge in [0.05, 0.1) is 29.9 Å². The maximum Gasteiger partial charge on any atom is 0.246 e. The summed E-state index contributed by atoms with van der Waals surface area (Å²) in [6.45, 7) is 4.39. The number of ether oxygens (including phenoxy) is 1. The van der Waals surface area contributed by atoms with Crippen LogP contribution >= 0.6 is 0 Å². The van der Waals surface area contributed by atoms with Crippen molar-refractivity contribution in [2.24, 2.45) is 7.05 Å². The number of sulfonamides is 1. The minimum atomic E-state index is -3.60. The number of aromatic nitrogens is 4. The predicted molar refractivity (Wildman–Crippen MR) is 82.2 cm³/mol. The van der Waals surface area contributed by atoms with Crippen LogP contribution in [0, 0.1) is 13.8 Å². The third-order valence-electron chi connectivity index (χ3n) is 3.75. The monoisotopic (exact) mass is 337 g/mol. The van der Waals surface area contributed by atoms with Gasteiger partial charge in [-0.05, 0) is 13.8 Å². The first kappa shape index (κ1) is 16.0. The van der Waals surface area contributed by atoms with Crippen molar-refractivity contribution in [3.63, 3.8) is 0 Å². The molecule has 2 aromatic heterocycles. The van der Waals surface area contributed by atoms with Crippen molar-refractivity contribution in [1.29, 1.82) is 0 Å². The van der Waals surface area contributed by atoms with Gasteiger partial charge in [-0.25, -0.2) is 8.42 Å². The molecule has 0 N–H and O–H groups in total. The molecule has 1 unspecified atom stereocenters. The molecule has 1 aliphatic heterocycles. The molecule has 0 radical (unpaired) electrons. The van der Waals surface area contributed by atoms with E-state index < -0.39 is 16.1 Å². The largest absolute Gasteiger partial charge is 0.369 e. The molecule has 3 rings (SSSR count). The SMILES string of the molecule is Cc1cnc(C2CN(S(=O)(=O)c3cn(C)nc3C)CCO2)cn1. The Morgan fingerprint density at radius 2 is 2.04 bits per heavy atom. The summed E-state index contributed by atoms with van der Waals surface area (Å²) in [5, 5.41) is 4.12. The molecule has 2 aromatic rings. The van der Waals surface area contributed by atoms with Crippen LogP contribution in [0.3, 0.4) is 0 Å². The average Bonchev–Trinajstić information content (AvgIpc) is 2.87. The average molecular weight is 337 g/mol. The second-order valence-corrected chi connectivity index (χ2v) is 7.46. The minimum Gasteiger partial charge on any atom is -0.369 e. The smallest absolute Gasteiger partial charge is 0.246 e. The van der Waals surface area contributed by atoms with Crippen LogP contribution in [0.1, 0.15) is 23.2 Å². The first-order valence-electron chi connectivity index (χ1n) is 7.28. The zero-order valence-electron chi connectivity index (χ0n) is 13.3. The van der Waals surface area contributed by atoms with Gasteiger partial charge in [0.25, 0.3) is 0 Å². The second-order valence-electron chi connectivity index (χ2n) is 5.56. The van der Waals surface area contributed by atoms with Gasteiger partial charge in [-0.3, -0.25) is 14.6 Å². The van der Waals surface area contributed by atoms with Crippen molar-refractivity contribution in [3.05, 3.63) is 35.7 Å². The maximum atomic E-state index is 12.8. The van der Waals surface area contributed by atoms with Gasteiger partial charge < -0.3 is 4.74 Å². The quantitative estimate of drug-likeness (QED) is 0.814. The first-order chi connectivity index (χ1) is 10.9. The van der Waals surface area contributed by atoms with Crippen LogP contribution in [0.4, 0.5) is 0 Å². The summed E-state index contributed by atoms with van der Waals surface area (Å²) >= 11 is 0. The minimum absolute atomic E-state index is 0.217. The van der Waals surface area contributed by atoms with E-state index in [4.69, 9.17) is 4.74 Å². The lowest BCUT2D eigenvalue weighted by molar-refractivity contribution is -0.00517. The third kappa shape index (κ3) is 3.12. The summed E-state index contributed by atoms with van der Waals surface area (Å²) in [5.74, 6) is 0. The number of aryl methyl sites for hydroxylation is 3. The number of rotatable bonds is 3. The van der Waals surface area contributed by atoms with Crippen molar-refractivity contribution in [2.45, 2.75) is 24.8 Å². The molecule has 0 amide bonds. The van der Waals surface area contributed by atoms with Gasteiger partial charge in [-0.2, -0.15) is 9.40 Å². The van der Waals surface area contributed by atoms with E-state index in [0.29, 0.717) is 24.5 Å². The molecule has 0 spiro atoms. The third-order valence-corrected chi connectivity index (χ3v) is 5.71. The Morgan fingerprint density at radius 1 is 1.26 bits per heavy atom. The van der Waals surface area contributed by atoms with E-state index in [1.807, 2.05) is 6.92 Å². The molecule has 0 bridgehead atoms. The molecule has 9 heteroatoms. The molecule has 1 aliphatic rings. The summed E-state index contributed by atoms with van der Waals surface area (Å²) in [6, 6.07) is 0. The summed E-state index contributed by atoms with van der Waals surface area (Å²) in [6.07, 6.45) is 4.40. The molecule has 0 saturated carbocycles. The van der Waals surface area contributed by atoms with E-state index in [1.165, 1.54) is 15.2 Å². The van der Waals surface area contributed by atoms with Crippen molar-refractivity contribution in [3.8, 4) is 0 Å². The lowest BCUT2D eigenvalue weighted by Crippen LogP contribution is -2.42. The van der Waals surface area contributed by atoms with Gasteiger partial charge in [0.15, 0.2) is 0 Å². The number of morpholine rings is 1. The second kappa shape index (κ2) is 5.99. The van der Waals surface area contributed by atoms with E-state index in [1.54, 1.807) is 26.4 Å². The van der Waals surface area contributed by atoms with E-state index in [-0.39, 0.29) is 11.4 Å². The lowest BCUT2D eigenvalue weighted by atomic mass is 10.2. The molecule has 3 heterocycles. The highest BCUT2D eigenvalue weighted by molar-refractivity contribution is 7.89.